The summed E-state index contributed by atoms with van der Waals surface area (Å²) < 4.78 is 24.0. The summed E-state index contributed by atoms with van der Waals surface area (Å²) >= 11 is 0. The Morgan fingerprint density at radius 1 is 1.29 bits per heavy atom. The summed E-state index contributed by atoms with van der Waals surface area (Å²) in [6, 6.07) is 8.07. The second kappa shape index (κ2) is 7.62. The van der Waals surface area contributed by atoms with Crippen LogP contribution >= 0.6 is 0 Å². The van der Waals surface area contributed by atoms with Crippen LogP contribution in [0.15, 0.2) is 41.4 Å². The first-order chi connectivity index (χ1) is 13.2. The first-order valence-corrected chi connectivity index (χ1v) is 10.8. The first kappa shape index (κ1) is 20.4. The van der Waals surface area contributed by atoms with Gasteiger partial charge in [-0.25, -0.2) is 8.42 Å². The van der Waals surface area contributed by atoms with E-state index in [0.29, 0.717) is 11.1 Å². The van der Waals surface area contributed by atoms with Gasteiger partial charge in [0.15, 0.2) is 9.84 Å². The maximum Gasteiger partial charge on any atom is 0.253 e. The average molecular weight is 404 g/mol. The fraction of sp³-hybridized carbons (Fsp3) is 0.400. The molecule has 0 saturated heterocycles. The summed E-state index contributed by atoms with van der Waals surface area (Å²) in [5.74, 6) is -0.326. The molecule has 2 heterocycles. The summed E-state index contributed by atoms with van der Waals surface area (Å²) in [4.78, 5) is 19.5. The normalized spacial score (nSPS) is 16.4. The monoisotopic (exact) mass is 403 g/mol. The number of hydrogen-bond donors (Lipinski definition) is 2. The number of hydrogen-bond acceptors (Lipinski definition) is 6. The predicted molar refractivity (Wildman–Crippen MR) is 105 cm³/mol. The molecule has 150 valence electrons. The fourth-order valence-electron chi connectivity index (χ4n) is 3.27. The number of nitrogens with zero attached hydrogens (tertiary/aromatic N) is 2. The lowest BCUT2D eigenvalue weighted by atomic mass is 9.92. The van der Waals surface area contributed by atoms with Crippen LogP contribution in [0.4, 0.5) is 0 Å². The number of carbonyl (C=O) groups is 1. The lowest BCUT2D eigenvalue weighted by Gasteiger charge is -2.29. The summed E-state index contributed by atoms with van der Waals surface area (Å²) in [7, 11) is -1.31. The smallest absolute Gasteiger partial charge is 0.253 e. The molecule has 1 aromatic carbocycles. The third-order valence-corrected chi connectivity index (χ3v) is 6.87. The Kier molecular flexibility index (Phi) is 5.56. The van der Waals surface area contributed by atoms with Crippen molar-refractivity contribution in [3.05, 3.63) is 58.9 Å². The number of nitrogens with one attached hydrogen (secondary N) is 1. The third kappa shape index (κ3) is 3.94. The van der Waals surface area contributed by atoms with Crippen molar-refractivity contribution in [1.82, 2.24) is 15.2 Å². The number of aromatic nitrogens is 1. The average Bonchev–Trinajstić information content (AvgIpc) is 3.07. The zero-order valence-corrected chi connectivity index (χ0v) is 17.1. The lowest BCUT2D eigenvalue weighted by molar-refractivity contribution is 0.0849. The summed E-state index contributed by atoms with van der Waals surface area (Å²) in [6.45, 7) is 4.46. The Labute approximate surface area is 165 Å². The first-order valence-electron chi connectivity index (χ1n) is 9.11. The van der Waals surface area contributed by atoms with Gasteiger partial charge in [-0.05, 0) is 43.3 Å². The molecule has 0 aliphatic carbocycles. The number of aliphatic hydroxyl groups is 1. The van der Waals surface area contributed by atoms with E-state index in [2.05, 4.69) is 15.2 Å². The van der Waals surface area contributed by atoms with Crippen LogP contribution in [-0.4, -0.2) is 48.7 Å². The van der Waals surface area contributed by atoms with Crippen LogP contribution in [0.1, 0.15) is 41.0 Å². The highest BCUT2D eigenvalue weighted by Gasteiger charge is 2.29. The van der Waals surface area contributed by atoms with E-state index in [9.17, 15) is 18.3 Å². The molecular weight excluding hydrogens is 378 g/mol. The number of aliphatic hydroxyl groups excluding tert-OH is 1. The van der Waals surface area contributed by atoms with Crippen molar-refractivity contribution in [1.29, 1.82) is 0 Å². The molecule has 0 fully saturated rings. The number of amides is 1. The zero-order valence-electron chi connectivity index (χ0n) is 16.3. The molecule has 2 aromatic rings. The van der Waals surface area contributed by atoms with Crippen LogP contribution in [0, 0.1) is 0 Å². The molecule has 0 spiro atoms. The van der Waals surface area contributed by atoms with Gasteiger partial charge in [0, 0.05) is 19.3 Å². The topological polar surface area (TPSA) is 99.6 Å². The Morgan fingerprint density at radius 2 is 1.96 bits per heavy atom. The Bertz CT molecular complexity index is 989. The second-order valence-corrected chi connectivity index (χ2v) is 9.65. The molecule has 1 aliphatic rings. The molecule has 1 aliphatic heterocycles. The third-order valence-electron chi connectivity index (χ3n) is 5.12. The maximum atomic E-state index is 12.8. The number of rotatable bonds is 6. The Morgan fingerprint density at radius 3 is 2.57 bits per heavy atom. The number of sulfone groups is 1. The van der Waals surface area contributed by atoms with Crippen LogP contribution in [0.3, 0.4) is 0 Å². The van der Waals surface area contributed by atoms with Crippen LogP contribution < -0.4 is 5.32 Å². The quantitative estimate of drug-likeness (QED) is 0.758. The van der Waals surface area contributed by atoms with Crippen LogP contribution in [0.25, 0.3) is 0 Å². The van der Waals surface area contributed by atoms with Crippen molar-refractivity contribution >= 4 is 15.7 Å². The van der Waals surface area contributed by atoms with Crippen molar-refractivity contribution in [3.63, 3.8) is 0 Å². The van der Waals surface area contributed by atoms with Gasteiger partial charge in [0.05, 0.1) is 34.1 Å². The minimum atomic E-state index is -3.31. The summed E-state index contributed by atoms with van der Waals surface area (Å²) in [5.41, 5.74) is 1.99. The molecule has 1 aromatic heterocycles. The molecule has 2 N–H and O–H groups in total. The van der Waals surface area contributed by atoms with Gasteiger partial charge in [0.25, 0.3) is 5.91 Å². The number of pyridine rings is 1. The van der Waals surface area contributed by atoms with Gasteiger partial charge in [0.1, 0.15) is 0 Å². The van der Waals surface area contributed by atoms with Gasteiger partial charge >= 0.3 is 0 Å². The van der Waals surface area contributed by atoms with E-state index in [1.807, 2.05) is 13.1 Å². The zero-order chi connectivity index (χ0) is 20.5. The fourth-order valence-corrected chi connectivity index (χ4v) is 4.15. The molecule has 28 heavy (non-hydrogen) atoms. The van der Waals surface area contributed by atoms with E-state index >= 15 is 0 Å². The van der Waals surface area contributed by atoms with Gasteiger partial charge in [0.2, 0.25) is 0 Å². The Balaban J connectivity index is 1.83. The molecule has 7 nitrogen and oxygen atoms in total. The van der Waals surface area contributed by atoms with Crippen LogP contribution in [0.2, 0.25) is 0 Å². The van der Waals surface area contributed by atoms with Crippen molar-refractivity contribution in [2.45, 2.75) is 37.4 Å². The molecule has 8 heteroatoms. The minimum Gasteiger partial charge on any atom is -0.394 e. The predicted octanol–water partition coefficient (Wildman–Crippen LogP) is 1.46. The Hall–Kier alpha value is -2.29. The van der Waals surface area contributed by atoms with Gasteiger partial charge in [-0.3, -0.25) is 14.7 Å². The van der Waals surface area contributed by atoms with Gasteiger partial charge in [-0.1, -0.05) is 19.1 Å². The highest BCUT2D eigenvalue weighted by atomic mass is 32.2. The highest BCUT2D eigenvalue weighted by molar-refractivity contribution is 7.91. The number of carbonyl (C=O) groups excluding carboxylic acids is 1. The molecular formula is C20H25N3O4S. The van der Waals surface area contributed by atoms with E-state index in [1.54, 1.807) is 32.2 Å². The summed E-state index contributed by atoms with van der Waals surface area (Å²) in [5, 5.41) is 12.8. The molecule has 0 bridgehead atoms. The van der Waals surface area contributed by atoms with Crippen molar-refractivity contribution < 1.29 is 18.3 Å². The lowest BCUT2D eigenvalue weighted by Crippen LogP contribution is -2.46. The number of benzene rings is 1. The van der Waals surface area contributed by atoms with Gasteiger partial charge in [-0.2, -0.15) is 0 Å². The molecule has 1 unspecified atom stereocenters. The standard InChI is InChI=1S/C20H25N3O4S/c1-4-28(26,27)17-7-5-16(6-8-17)20(2,13-24)22-19(25)14-9-15-11-23(3)12-18(15)21-10-14/h5-10,24H,4,11-13H2,1-3H3,(H,22,25). The second-order valence-electron chi connectivity index (χ2n) is 7.37. The molecule has 1 amide bonds. The number of fused-ring (bicyclic) bond motifs is 1. The van der Waals surface area contributed by atoms with Crippen molar-refractivity contribution in [2.75, 3.05) is 19.4 Å². The van der Waals surface area contributed by atoms with E-state index < -0.39 is 15.4 Å². The highest BCUT2D eigenvalue weighted by Crippen LogP contribution is 2.24. The molecule has 0 radical (unpaired) electrons. The SMILES string of the molecule is CCS(=O)(=O)c1ccc(C(C)(CO)NC(=O)c2cnc3c(c2)CN(C)C3)cc1. The summed E-state index contributed by atoms with van der Waals surface area (Å²) in [6.07, 6.45) is 1.54. The largest absolute Gasteiger partial charge is 0.394 e. The van der Waals surface area contributed by atoms with Gasteiger partial charge < -0.3 is 10.4 Å². The van der Waals surface area contributed by atoms with Crippen LogP contribution in [0.5, 0.6) is 0 Å². The maximum absolute atomic E-state index is 12.8. The minimum absolute atomic E-state index is 0.0147. The van der Waals surface area contributed by atoms with E-state index in [0.717, 1.165) is 24.3 Å². The van der Waals surface area contributed by atoms with Crippen molar-refractivity contribution in [2.24, 2.45) is 0 Å². The molecule has 3 rings (SSSR count). The van der Waals surface area contributed by atoms with E-state index in [1.165, 1.54) is 12.1 Å². The van der Waals surface area contributed by atoms with Crippen molar-refractivity contribution in [3.8, 4) is 0 Å². The van der Waals surface area contributed by atoms with Crippen LogP contribution in [-0.2, 0) is 28.5 Å². The van der Waals surface area contributed by atoms with E-state index in [-0.39, 0.29) is 23.2 Å². The van der Waals surface area contributed by atoms with Gasteiger partial charge in [-0.15, -0.1) is 0 Å². The molecule has 1 atom stereocenters. The molecule has 0 saturated carbocycles. The van der Waals surface area contributed by atoms with E-state index in [4.69, 9.17) is 0 Å².